The standard InChI is InChI=1S/C40H77NO3/c1-3-5-7-9-11-13-15-17-19-21-23-25-27-29-31-33-35-39(43)38(37-42)41-40(44)36-34-32-30-28-26-24-22-20-18-16-14-12-10-8-6-4-2/h25,27,33,35,38-39,42-43H,3-24,26,28-32,34,36-37H2,1-2H3,(H,41,44)/b27-25+,35-33+/t38-,39+/m0/s1. The predicted octanol–water partition coefficient (Wildman–Crippen LogP) is 11.7. The Morgan fingerprint density at radius 3 is 1.32 bits per heavy atom. The van der Waals surface area contributed by atoms with Gasteiger partial charge in [0.1, 0.15) is 0 Å². The third-order valence-electron chi connectivity index (χ3n) is 8.94. The summed E-state index contributed by atoms with van der Waals surface area (Å²) in [6.07, 6.45) is 45.5. The molecule has 0 bridgehead atoms. The Hall–Kier alpha value is -1.13. The van der Waals surface area contributed by atoms with Crippen LogP contribution in [0.4, 0.5) is 0 Å². The van der Waals surface area contributed by atoms with Crippen LogP contribution in [-0.4, -0.2) is 34.9 Å². The van der Waals surface area contributed by atoms with Gasteiger partial charge in [-0.1, -0.05) is 192 Å². The number of allylic oxidation sites excluding steroid dienone is 3. The van der Waals surface area contributed by atoms with E-state index < -0.39 is 12.1 Å². The molecule has 0 aliphatic carbocycles. The molecule has 4 nitrogen and oxygen atoms in total. The number of aliphatic hydroxyl groups is 2. The van der Waals surface area contributed by atoms with Crippen LogP contribution in [0.2, 0.25) is 0 Å². The van der Waals surface area contributed by atoms with E-state index >= 15 is 0 Å². The molecule has 4 heteroatoms. The van der Waals surface area contributed by atoms with Crippen LogP contribution < -0.4 is 5.32 Å². The molecule has 0 saturated heterocycles. The van der Waals surface area contributed by atoms with Crippen molar-refractivity contribution in [3.8, 4) is 0 Å². The van der Waals surface area contributed by atoms with Crippen LogP contribution in [-0.2, 0) is 4.79 Å². The molecular weight excluding hydrogens is 542 g/mol. The number of amides is 1. The smallest absolute Gasteiger partial charge is 0.220 e. The van der Waals surface area contributed by atoms with Crippen LogP contribution in [0.1, 0.15) is 206 Å². The molecule has 0 aromatic heterocycles. The van der Waals surface area contributed by atoms with E-state index in [1.54, 1.807) is 6.08 Å². The van der Waals surface area contributed by atoms with E-state index in [9.17, 15) is 15.0 Å². The fraction of sp³-hybridized carbons (Fsp3) is 0.875. The van der Waals surface area contributed by atoms with Crippen LogP contribution in [0.3, 0.4) is 0 Å². The van der Waals surface area contributed by atoms with Gasteiger partial charge in [-0.15, -0.1) is 0 Å². The Labute approximate surface area is 275 Å². The summed E-state index contributed by atoms with van der Waals surface area (Å²) < 4.78 is 0. The van der Waals surface area contributed by atoms with Gasteiger partial charge in [0.2, 0.25) is 5.91 Å². The summed E-state index contributed by atoms with van der Waals surface area (Å²) in [7, 11) is 0. The molecule has 0 spiro atoms. The zero-order valence-corrected chi connectivity index (χ0v) is 29.7. The maximum atomic E-state index is 12.3. The lowest BCUT2D eigenvalue weighted by Crippen LogP contribution is -2.45. The van der Waals surface area contributed by atoms with Crippen molar-refractivity contribution in [1.29, 1.82) is 0 Å². The Morgan fingerprint density at radius 2 is 0.886 bits per heavy atom. The van der Waals surface area contributed by atoms with E-state index in [-0.39, 0.29) is 12.5 Å². The Morgan fingerprint density at radius 1 is 0.523 bits per heavy atom. The van der Waals surface area contributed by atoms with E-state index in [1.165, 1.54) is 154 Å². The molecule has 1 amide bonds. The molecular formula is C40H77NO3. The number of hydrogen-bond donors (Lipinski definition) is 3. The second-order valence-electron chi connectivity index (χ2n) is 13.3. The molecule has 0 heterocycles. The van der Waals surface area contributed by atoms with Crippen LogP contribution in [0.15, 0.2) is 24.3 Å². The highest BCUT2D eigenvalue weighted by Gasteiger charge is 2.17. The van der Waals surface area contributed by atoms with Gasteiger partial charge in [-0.25, -0.2) is 0 Å². The molecule has 260 valence electrons. The van der Waals surface area contributed by atoms with Crippen LogP contribution >= 0.6 is 0 Å². The third-order valence-corrected chi connectivity index (χ3v) is 8.94. The van der Waals surface area contributed by atoms with Crippen molar-refractivity contribution < 1.29 is 15.0 Å². The topological polar surface area (TPSA) is 69.6 Å². The normalized spacial score (nSPS) is 13.3. The molecule has 44 heavy (non-hydrogen) atoms. The first-order chi connectivity index (χ1) is 21.7. The number of hydrogen-bond acceptors (Lipinski definition) is 3. The summed E-state index contributed by atoms with van der Waals surface area (Å²) in [5.41, 5.74) is 0. The van der Waals surface area contributed by atoms with E-state index in [0.29, 0.717) is 6.42 Å². The minimum absolute atomic E-state index is 0.0724. The first-order valence-corrected chi connectivity index (χ1v) is 19.6. The monoisotopic (exact) mass is 620 g/mol. The third kappa shape index (κ3) is 32.3. The fourth-order valence-corrected chi connectivity index (χ4v) is 5.90. The van der Waals surface area contributed by atoms with Gasteiger partial charge in [0, 0.05) is 6.42 Å². The van der Waals surface area contributed by atoms with E-state index in [0.717, 1.165) is 32.1 Å². The highest BCUT2D eigenvalue weighted by atomic mass is 16.3. The van der Waals surface area contributed by atoms with Gasteiger partial charge in [0.05, 0.1) is 18.8 Å². The summed E-state index contributed by atoms with van der Waals surface area (Å²) in [6.45, 7) is 4.30. The molecule has 0 fully saturated rings. The van der Waals surface area contributed by atoms with Gasteiger partial charge in [-0.05, 0) is 32.1 Å². The molecule has 0 aliphatic rings. The van der Waals surface area contributed by atoms with Gasteiger partial charge < -0.3 is 15.5 Å². The highest BCUT2D eigenvalue weighted by Crippen LogP contribution is 2.15. The number of carbonyl (C=O) groups excluding carboxylic acids is 1. The Balaban J connectivity index is 3.63. The highest BCUT2D eigenvalue weighted by molar-refractivity contribution is 5.76. The Kier molecular flexibility index (Phi) is 35.4. The van der Waals surface area contributed by atoms with Crippen LogP contribution in [0, 0.1) is 0 Å². The van der Waals surface area contributed by atoms with Crippen LogP contribution in [0.25, 0.3) is 0 Å². The average Bonchev–Trinajstić information content (AvgIpc) is 3.03. The average molecular weight is 620 g/mol. The second-order valence-corrected chi connectivity index (χ2v) is 13.3. The number of rotatable bonds is 35. The number of aliphatic hydroxyl groups excluding tert-OH is 2. The SMILES string of the molecule is CCCCCCCCCCCC/C=C/CC/C=C/[C@@H](O)[C@H](CO)NC(=O)CCCCCCCCCCCCCCCCCC. The van der Waals surface area contributed by atoms with E-state index in [4.69, 9.17) is 0 Å². The minimum atomic E-state index is -0.856. The molecule has 0 radical (unpaired) electrons. The fourth-order valence-electron chi connectivity index (χ4n) is 5.90. The molecule has 0 aromatic carbocycles. The van der Waals surface area contributed by atoms with Gasteiger partial charge >= 0.3 is 0 Å². The summed E-state index contributed by atoms with van der Waals surface area (Å²) in [5, 5.41) is 22.9. The molecule has 3 N–H and O–H groups in total. The maximum Gasteiger partial charge on any atom is 0.220 e. The summed E-state index contributed by atoms with van der Waals surface area (Å²) >= 11 is 0. The summed E-state index contributed by atoms with van der Waals surface area (Å²) in [6, 6.07) is -0.633. The lowest BCUT2D eigenvalue weighted by molar-refractivity contribution is -0.123. The zero-order valence-electron chi connectivity index (χ0n) is 29.7. The van der Waals surface area contributed by atoms with Crippen molar-refractivity contribution in [1.82, 2.24) is 5.32 Å². The molecule has 0 aliphatic heterocycles. The van der Waals surface area contributed by atoms with Gasteiger partial charge in [0.15, 0.2) is 0 Å². The first-order valence-electron chi connectivity index (χ1n) is 19.6. The second kappa shape index (κ2) is 36.3. The van der Waals surface area contributed by atoms with Crippen molar-refractivity contribution in [2.75, 3.05) is 6.61 Å². The van der Waals surface area contributed by atoms with Crippen molar-refractivity contribution >= 4 is 5.91 Å². The van der Waals surface area contributed by atoms with Gasteiger partial charge in [-0.2, -0.15) is 0 Å². The van der Waals surface area contributed by atoms with Gasteiger partial charge in [-0.3, -0.25) is 4.79 Å². The molecule has 0 saturated carbocycles. The quantitative estimate of drug-likeness (QED) is 0.0488. The first kappa shape index (κ1) is 42.9. The molecule has 2 atom stereocenters. The zero-order chi connectivity index (χ0) is 32.2. The molecule has 0 rings (SSSR count). The molecule has 0 unspecified atom stereocenters. The lowest BCUT2D eigenvalue weighted by Gasteiger charge is -2.19. The summed E-state index contributed by atoms with van der Waals surface area (Å²) in [5.74, 6) is -0.0724. The predicted molar refractivity (Wildman–Crippen MR) is 193 cm³/mol. The van der Waals surface area contributed by atoms with Crippen molar-refractivity contribution in [3.05, 3.63) is 24.3 Å². The van der Waals surface area contributed by atoms with Gasteiger partial charge in [0.25, 0.3) is 0 Å². The maximum absolute atomic E-state index is 12.3. The lowest BCUT2D eigenvalue weighted by atomic mass is 10.0. The number of carbonyl (C=O) groups is 1. The minimum Gasteiger partial charge on any atom is -0.394 e. The van der Waals surface area contributed by atoms with Crippen molar-refractivity contribution in [2.45, 2.75) is 219 Å². The Bertz CT molecular complexity index is 632. The van der Waals surface area contributed by atoms with Crippen LogP contribution in [0.5, 0.6) is 0 Å². The van der Waals surface area contributed by atoms with E-state index in [2.05, 4.69) is 31.3 Å². The summed E-state index contributed by atoms with van der Waals surface area (Å²) in [4.78, 5) is 12.3. The number of nitrogens with one attached hydrogen (secondary N) is 1. The largest absolute Gasteiger partial charge is 0.394 e. The van der Waals surface area contributed by atoms with Crippen molar-refractivity contribution in [2.24, 2.45) is 0 Å². The van der Waals surface area contributed by atoms with E-state index in [1.807, 2.05) is 6.08 Å². The molecule has 0 aromatic rings. The van der Waals surface area contributed by atoms with Crippen molar-refractivity contribution in [3.63, 3.8) is 0 Å². The number of unbranched alkanes of at least 4 members (excludes halogenated alkanes) is 26.